The fraction of sp³-hybridized carbons (Fsp3) is 0.0714. The average molecular weight is 521 g/mol. The summed E-state index contributed by atoms with van der Waals surface area (Å²) in [5.41, 5.74) is 1.39. The molecule has 36 heavy (non-hydrogen) atoms. The molecule has 0 spiro atoms. The third-order valence-electron chi connectivity index (χ3n) is 5.43. The molecule has 0 bridgehead atoms. The van der Waals surface area contributed by atoms with Gasteiger partial charge in [-0.1, -0.05) is 60.7 Å². The van der Waals surface area contributed by atoms with Crippen molar-refractivity contribution in [3.05, 3.63) is 121 Å². The largest absolute Gasteiger partial charge is 0.379 e. The lowest BCUT2D eigenvalue weighted by atomic mass is 10.1. The normalized spacial score (nSPS) is 11.7. The van der Waals surface area contributed by atoms with Crippen molar-refractivity contribution in [1.29, 1.82) is 0 Å². The molecule has 4 aromatic carbocycles. The molecule has 0 aliphatic rings. The van der Waals surface area contributed by atoms with Crippen LogP contribution in [0.4, 0.5) is 0 Å². The third kappa shape index (κ3) is 5.50. The molecule has 8 heteroatoms. The van der Waals surface area contributed by atoms with Gasteiger partial charge in [0.15, 0.2) is 0 Å². The summed E-state index contributed by atoms with van der Waals surface area (Å²) in [6.45, 7) is 7.37. The zero-order valence-electron chi connectivity index (χ0n) is 19.3. The van der Waals surface area contributed by atoms with Gasteiger partial charge in [-0.3, -0.25) is 0 Å². The summed E-state index contributed by atoms with van der Waals surface area (Å²) in [6.07, 6.45) is 4.25. The van der Waals surface area contributed by atoms with E-state index in [0.717, 1.165) is 0 Å². The summed E-state index contributed by atoms with van der Waals surface area (Å²) >= 11 is 0. The first-order valence-corrected chi connectivity index (χ1v) is 13.9. The lowest BCUT2D eigenvalue weighted by molar-refractivity contribution is 0.481. The van der Waals surface area contributed by atoms with Crippen molar-refractivity contribution in [2.24, 2.45) is 0 Å². The molecule has 6 nitrogen and oxygen atoms in total. The highest BCUT2D eigenvalue weighted by atomic mass is 32.2. The van der Waals surface area contributed by atoms with Crippen LogP contribution < -0.4 is 8.37 Å². The molecule has 0 saturated heterocycles. The van der Waals surface area contributed by atoms with E-state index in [2.05, 4.69) is 13.2 Å². The molecular weight excluding hydrogens is 496 g/mol. The molecule has 0 unspecified atom stereocenters. The lowest BCUT2D eigenvalue weighted by Gasteiger charge is -2.12. The van der Waals surface area contributed by atoms with Gasteiger partial charge in [0.2, 0.25) is 0 Å². The number of hydrogen-bond acceptors (Lipinski definition) is 6. The summed E-state index contributed by atoms with van der Waals surface area (Å²) < 4.78 is 62.6. The number of fused-ring (bicyclic) bond motifs is 1. The van der Waals surface area contributed by atoms with E-state index in [1.54, 1.807) is 60.7 Å². The smallest absolute Gasteiger partial charge is 0.339 e. The van der Waals surface area contributed by atoms with Crippen LogP contribution in [-0.4, -0.2) is 16.8 Å². The monoisotopic (exact) mass is 520 g/mol. The van der Waals surface area contributed by atoms with Crippen molar-refractivity contribution in [3.8, 4) is 11.5 Å². The molecule has 0 N–H and O–H groups in total. The van der Waals surface area contributed by atoms with E-state index in [1.165, 1.54) is 36.4 Å². The van der Waals surface area contributed by atoms with Gasteiger partial charge in [-0.05, 0) is 71.1 Å². The minimum absolute atomic E-state index is 0.0476. The zero-order chi connectivity index (χ0) is 25.8. The molecule has 184 valence electrons. The molecule has 0 amide bonds. The minimum Gasteiger partial charge on any atom is -0.379 e. The number of benzene rings is 4. The Hall–Kier alpha value is -3.88. The van der Waals surface area contributed by atoms with Crippen LogP contribution in [-0.2, 0) is 33.1 Å². The SMILES string of the molecule is C=CCc1ccccc1OS(=O)(=O)c1ccc2cc(S(=O)(=O)Oc3ccccc3CC=C)ccc2c1. The highest BCUT2D eigenvalue weighted by Crippen LogP contribution is 2.29. The molecule has 0 aliphatic carbocycles. The number of para-hydroxylation sites is 2. The quantitative estimate of drug-likeness (QED) is 0.193. The van der Waals surface area contributed by atoms with E-state index in [0.29, 0.717) is 34.7 Å². The van der Waals surface area contributed by atoms with Crippen molar-refractivity contribution in [1.82, 2.24) is 0 Å². The maximum Gasteiger partial charge on any atom is 0.339 e. The van der Waals surface area contributed by atoms with Gasteiger partial charge in [-0.2, -0.15) is 16.8 Å². The van der Waals surface area contributed by atoms with E-state index < -0.39 is 20.2 Å². The van der Waals surface area contributed by atoms with Gasteiger partial charge in [0.05, 0.1) is 0 Å². The van der Waals surface area contributed by atoms with Crippen molar-refractivity contribution < 1.29 is 25.2 Å². The zero-order valence-corrected chi connectivity index (χ0v) is 21.0. The van der Waals surface area contributed by atoms with E-state index in [-0.39, 0.29) is 21.3 Å². The fourth-order valence-electron chi connectivity index (χ4n) is 3.66. The third-order valence-corrected chi connectivity index (χ3v) is 7.89. The second-order valence-corrected chi connectivity index (χ2v) is 11.0. The van der Waals surface area contributed by atoms with Crippen LogP contribution >= 0.6 is 0 Å². The van der Waals surface area contributed by atoms with Crippen LogP contribution in [0.3, 0.4) is 0 Å². The second kappa shape index (κ2) is 10.4. The lowest BCUT2D eigenvalue weighted by Crippen LogP contribution is -2.11. The Morgan fingerprint density at radius 1 is 0.583 bits per heavy atom. The maximum absolute atomic E-state index is 12.9. The van der Waals surface area contributed by atoms with Gasteiger partial charge < -0.3 is 8.37 Å². The number of hydrogen-bond donors (Lipinski definition) is 0. The molecule has 0 aliphatic heterocycles. The topological polar surface area (TPSA) is 86.7 Å². The maximum atomic E-state index is 12.9. The molecule has 0 fully saturated rings. The van der Waals surface area contributed by atoms with Crippen molar-refractivity contribution in [2.75, 3.05) is 0 Å². The number of rotatable bonds is 10. The fourth-order valence-corrected chi connectivity index (χ4v) is 5.67. The van der Waals surface area contributed by atoms with Gasteiger partial charge in [0.1, 0.15) is 21.3 Å². The van der Waals surface area contributed by atoms with Gasteiger partial charge in [0, 0.05) is 0 Å². The molecule has 4 rings (SSSR count). The van der Waals surface area contributed by atoms with Crippen LogP contribution in [0.15, 0.2) is 120 Å². The van der Waals surface area contributed by atoms with Gasteiger partial charge >= 0.3 is 20.2 Å². The van der Waals surface area contributed by atoms with Crippen LogP contribution in [0.1, 0.15) is 11.1 Å². The molecule has 0 radical (unpaired) electrons. The molecule has 0 saturated carbocycles. The molecule has 0 heterocycles. The molecule has 0 atom stereocenters. The summed E-state index contributed by atoms with van der Waals surface area (Å²) in [4.78, 5) is -0.0952. The Morgan fingerprint density at radius 3 is 1.36 bits per heavy atom. The highest BCUT2D eigenvalue weighted by molar-refractivity contribution is 7.87. The standard InChI is InChI=1S/C28H24O6S2/c1-3-9-21-11-5-7-13-27(21)33-35(29,30)25-17-15-24-20-26(18-16-23(24)19-25)36(31,32)34-28-14-8-6-12-22(28)10-4-2/h3-8,11-20H,1-2,9-10H2. The van der Waals surface area contributed by atoms with Gasteiger partial charge in [0.25, 0.3) is 0 Å². The first kappa shape index (κ1) is 25.2. The highest BCUT2D eigenvalue weighted by Gasteiger charge is 2.21. The summed E-state index contributed by atoms with van der Waals surface area (Å²) in [7, 11) is -8.24. The van der Waals surface area contributed by atoms with E-state index in [1.807, 2.05) is 0 Å². The summed E-state index contributed by atoms with van der Waals surface area (Å²) in [5.74, 6) is 0.459. The van der Waals surface area contributed by atoms with Crippen LogP contribution in [0.2, 0.25) is 0 Å². The Labute approximate surface area is 211 Å². The van der Waals surface area contributed by atoms with Crippen LogP contribution in [0, 0.1) is 0 Å². The molecule has 0 aromatic heterocycles. The van der Waals surface area contributed by atoms with E-state index >= 15 is 0 Å². The van der Waals surface area contributed by atoms with Crippen LogP contribution in [0.25, 0.3) is 10.8 Å². The summed E-state index contributed by atoms with van der Waals surface area (Å²) in [6, 6.07) is 22.4. The average Bonchev–Trinajstić information content (AvgIpc) is 2.86. The second-order valence-electron chi connectivity index (χ2n) is 7.95. The molecule has 4 aromatic rings. The van der Waals surface area contributed by atoms with Gasteiger partial charge in [-0.15, -0.1) is 13.2 Å². The predicted octanol–water partition coefficient (Wildman–Crippen LogP) is 5.83. The van der Waals surface area contributed by atoms with Gasteiger partial charge in [-0.25, -0.2) is 0 Å². The first-order chi connectivity index (χ1) is 17.2. The van der Waals surface area contributed by atoms with Crippen molar-refractivity contribution in [3.63, 3.8) is 0 Å². The van der Waals surface area contributed by atoms with Crippen LogP contribution in [0.5, 0.6) is 11.5 Å². The Morgan fingerprint density at radius 2 is 0.972 bits per heavy atom. The van der Waals surface area contributed by atoms with Crippen molar-refractivity contribution in [2.45, 2.75) is 22.6 Å². The van der Waals surface area contributed by atoms with E-state index in [9.17, 15) is 16.8 Å². The predicted molar refractivity (Wildman–Crippen MR) is 140 cm³/mol. The summed E-state index contributed by atoms with van der Waals surface area (Å²) in [5, 5.41) is 1.06. The Bertz CT molecular complexity index is 1530. The number of allylic oxidation sites excluding steroid dienone is 2. The van der Waals surface area contributed by atoms with E-state index in [4.69, 9.17) is 8.37 Å². The Kier molecular flexibility index (Phi) is 7.28. The minimum atomic E-state index is -4.12. The molecular formula is C28H24O6S2. The van der Waals surface area contributed by atoms with Crippen molar-refractivity contribution >= 4 is 31.0 Å². The Balaban J connectivity index is 1.63. The first-order valence-electron chi connectivity index (χ1n) is 11.0.